The Morgan fingerprint density at radius 3 is 2.62 bits per heavy atom. The number of nitrogens with one attached hydrogen (secondary N) is 1. The van der Waals surface area contributed by atoms with Gasteiger partial charge in [-0.05, 0) is 18.9 Å². The van der Waals surface area contributed by atoms with E-state index in [-0.39, 0.29) is 5.91 Å². The van der Waals surface area contributed by atoms with E-state index < -0.39 is 0 Å². The molecular formula is C10H20N2O. The van der Waals surface area contributed by atoms with Crippen LogP contribution in [-0.2, 0) is 4.79 Å². The third-order valence-corrected chi connectivity index (χ3v) is 2.44. The van der Waals surface area contributed by atoms with Crippen LogP contribution in [0.15, 0.2) is 0 Å². The second-order valence-corrected chi connectivity index (χ2v) is 4.02. The molecule has 0 aliphatic heterocycles. The highest BCUT2D eigenvalue weighted by atomic mass is 16.2. The van der Waals surface area contributed by atoms with Crippen LogP contribution >= 0.6 is 0 Å². The molecule has 1 aliphatic rings. The Kier molecular flexibility index (Phi) is 4.22. The van der Waals surface area contributed by atoms with Crippen molar-refractivity contribution in [3.8, 4) is 0 Å². The first-order valence-corrected chi connectivity index (χ1v) is 5.11. The molecule has 3 nitrogen and oxygen atoms in total. The molecule has 0 aromatic rings. The van der Waals surface area contributed by atoms with Gasteiger partial charge in [-0.3, -0.25) is 4.79 Å². The highest BCUT2D eigenvalue weighted by Gasteiger charge is 2.19. The van der Waals surface area contributed by atoms with E-state index in [4.69, 9.17) is 0 Å². The molecule has 1 rings (SSSR count). The highest BCUT2D eigenvalue weighted by molar-refractivity contribution is 5.75. The average molecular weight is 184 g/mol. The van der Waals surface area contributed by atoms with Crippen LogP contribution in [0.2, 0.25) is 0 Å². The van der Waals surface area contributed by atoms with Gasteiger partial charge in [0, 0.05) is 27.1 Å². The van der Waals surface area contributed by atoms with Crippen molar-refractivity contribution in [3.63, 3.8) is 0 Å². The lowest BCUT2D eigenvalue weighted by Crippen LogP contribution is -2.27. The van der Waals surface area contributed by atoms with Crippen LogP contribution in [0.1, 0.15) is 25.7 Å². The summed E-state index contributed by atoms with van der Waals surface area (Å²) in [5.74, 6) is 1.19. The molecule has 0 bridgehead atoms. The Morgan fingerprint density at radius 2 is 2.08 bits per heavy atom. The SMILES string of the molecule is CN(C)C(=O)CCNCCC1CC1. The first kappa shape index (κ1) is 10.5. The van der Waals surface area contributed by atoms with Gasteiger partial charge >= 0.3 is 0 Å². The van der Waals surface area contributed by atoms with Crippen molar-refractivity contribution >= 4 is 5.91 Å². The fourth-order valence-corrected chi connectivity index (χ4v) is 1.26. The zero-order valence-electron chi connectivity index (χ0n) is 8.68. The van der Waals surface area contributed by atoms with Gasteiger partial charge in [0.25, 0.3) is 0 Å². The summed E-state index contributed by atoms with van der Waals surface area (Å²) in [7, 11) is 3.60. The van der Waals surface area contributed by atoms with Gasteiger partial charge in [-0.25, -0.2) is 0 Å². The van der Waals surface area contributed by atoms with Crippen molar-refractivity contribution in [1.29, 1.82) is 0 Å². The molecular weight excluding hydrogens is 164 g/mol. The van der Waals surface area contributed by atoms with Crippen LogP contribution in [0.5, 0.6) is 0 Å². The van der Waals surface area contributed by atoms with E-state index in [1.54, 1.807) is 19.0 Å². The molecule has 1 aliphatic carbocycles. The average Bonchev–Trinajstić information content (AvgIpc) is 2.87. The standard InChI is InChI=1S/C10H20N2O/c1-12(2)10(13)6-8-11-7-5-9-3-4-9/h9,11H,3-8H2,1-2H3. The third-order valence-electron chi connectivity index (χ3n) is 2.44. The summed E-state index contributed by atoms with van der Waals surface area (Å²) in [6.07, 6.45) is 4.74. The fourth-order valence-electron chi connectivity index (χ4n) is 1.26. The lowest BCUT2D eigenvalue weighted by Gasteiger charge is -2.10. The van der Waals surface area contributed by atoms with Crippen molar-refractivity contribution < 1.29 is 4.79 Å². The molecule has 0 aromatic carbocycles. The molecule has 0 radical (unpaired) electrons. The highest BCUT2D eigenvalue weighted by Crippen LogP contribution is 2.31. The zero-order chi connectivity index (χ0) is 9.68. The summed E-state index contributed by atoms with van der Waals surface area (Å²) in [5, 5.41) is 3.30. The monoisotopic (exact) mass is 184 g/mol. The van der Waals surface area contributed by atoms with Crippen LogP contribution in [0, 0.1) is 5.92 Å². The molecule has 0 spiro atoms. The van der Waals surface area contributed by atoms with Crippen LogP contribution < -0.4 is 5.32 Å². The van der Waals surface area contributed by atoms with Crippen molar-refractivity contribution in [1.82, 2.24) is 10.2 Å². The van der Waals surface area contributed by atoms with E-state index in [9.17, 15) is 4.79 Å². The minimum Gasteiger partial charge on any atom is -0.349 e. The second-order valence-electron chi connectivity index (χ2n) is 4.02. The number of carbonyl (C=O) groups excluding carboxylic acids is 1. The first-order valence-electron chi connectivity index (χ1n) is 5.11. The molecule has 0 saturated heterocycles. The summed E-state index contributed by atoms with van der Waals surface area (Å²) < 4.78 is 0. The predicted octanol–water partition coefficient (Wildman–Crippen LogP) is 0.854. The smallest absolute Gasteiger partial charge is 0.223 e. The Balaban J connectivity index is 1.85. The second kappa shape index (κ2) is 5.22. The van der Waals surface area contributed by atoms with Gasteiger partial charge in [-0.1, -0.05) is 12.8 Å². The minimum atomic E-state index is 0.207. The molecule has 0 unspecified atom stereocenters. The molecule has 0 aromatic heterocycles. The van der Waals surface area contributed by atoms with Crippen LogP contribution in [0.3, 0.4) is 0 Å². The predicted molar refractivity (Wildman–Crippen MR) is 53.5 cm³/mol. The number of hydrogen-bond acceptors (Lipinski definition) is 2. The Bertz CT molecular complexity index is 164. The summed E-state index contributed by atoms with van der Waals surface area (Å²) in [6, 6.07) is 0. The molecule has 0 atom stereocenters. The maximum Gasteiger partial charge on any atom is 0.223 e. The molecule has 13 heavy (non-hydrogen) atoms. The van der Waals surface area contributed by atoms with Gasteiger partial charge in [0.05, 0.1) is 0 Å². The lowest BCUT2D eigenvalue weighted by atomic mass is 10.3. The van der Waals surface area contributed by atoms with Crippen LogP contribution in [-0.4, -0.2) is 38.0 Å². The Labute approximate surface area is 80.5 Å². The van der Waals surface area contributed by atoms with Gasteiger partial charge in [0.1, 0.15) is 0 Å². The van der Waals surface area contributed by atoms with Gasteiger partial charge in [-0.2, -0.15) is 0 Å². The topological polar surface area (TPSA) is 32.3 Å². The van der Waals surface area contributed by atoms with Gasteiger partial charge in [-0.15, -0.1) is 0 Å². The molecule has 76 valence electrons. The Hall–Kier alpha value is -0.570. The first-order chi connectivity index (χ1) is 6.20. The quantitative estimate of drug-likeness (QED) is 0.621. The van der Waals surface area contributed by atoms with E-state index >= 15 is 0 Å². The normalized spacial score (nSPS) is 15.8. The third kappa shape index (κ3) is 4.88. The summed E-state index contributed by atoms with van der Waals surface area (Å²) >= 11 is 0. The molecule has 0 heterocycles. The van der Waals surface area contributed by atoms with Gasteiger partial charge < -0.3 is 10.2 Å². The van der Waals surface area contributed by atoms with Crippen molar-refractivity contribution in [2.45, 2.75) is 25.7 Å². The largest absolute Gasteiger partial charge is 0.349 e. The number of amides is 1. The lowest BCUT2D eigenvalue weighted by molar-refractivity contribution is -0.128. The maximum absolute atomic E-state index is 11.1. The number of rotatable bonds is 6. The molecule has 1 N–H and O–H groups in total. The zero-order valence-corrected chi connectivity index (χ0v) is 8.68. The van der Waals surface area contributed by atoms with E-state index in [0.717, 1.165) is 19.0 Å². The Morgan fingerprint density at radius 1 is 1.38 bits per heavy atom. The summed E-state index contributed by atoms with van der Waals surface area (Å²) in [6.45, 7) is 1.90. The molecule has 1 fully saturated rings. The molecule has 1 saturated carbocycles. The van der Waals surface area contributed by atoms with E-state index in [1.807, 2.05) is 0 Å². The van der Waals surface area contributed by atoms with Crippen LogP contribution in [0.25, 0.3) is 0 Å². The number of hydrogen-bond donors (Lipinski definition) is 1. The van der Waals surface area contributed by atoms with Crippen molar-refractivity contribution in [2.24, 2.45) is 5.92 Å². The van der Waals surface area contributed by atoms with E-state index in [1.165, 1.54) is 19.3 Å². The number of nitrogens with zero attached hydrogens (tertiary/aromatic N) is 1. The summed E-state index contributed by atoms with van der Waals surface area (Å²) in [4.78, 5) is 12.8. The summed E-state index contributed by atoms with van der Waals surface area (Å²) in [5.41, 5.74) is 0. The van der Waals surface area contributed by atoms with Gasteiger partial charge in [0.2, 0.25) is 5.91 Å². The van der Waals surface area contributed by atoms with Crippen molar-refractivity contribution in [3.05, 3.63) is 0 Å². The van der Waals surface area contributed by atoms with E-state index in [2.05, 4.69) is 5.32 Å². The molecule has 1 amide bonds. The van der Waals surface area contributed by atoms with E-state index in [0.29, 0.717) is 6.42 Å². The van der Waals surface area contributed by atoms with Gasteiger partial charge in [0.15, 0.2) is 0 Å². The van der Waals surface area contributed by atoms with Crippen LogP contribution in [0.4, 0.5) is 0 Å². The van der Waals surface area contributed by atoms with Crippen molar-refractivity contribution in [2.75, 3.05) is 27.2 Å². The number of carbonyl (C=O) groups is 1. The minimum absolute atomic E-state index is 0.207. The molecule has 3 heteroatoms. The fraction of sp³-hybridized carbons (Fsp3) is 0.900. The maximum atomic E-state index is 11.1.